The minimum atomic E-state index is 0.823. The van der Waals surface area contributed by atoms with Gasteiger partial charge >= 0.3 is 0 Å². The maximum atomic E-state index is 6.05. The van der Waals surface area contributed by atoms with E-state index in [1.54, 1.807) is 0 Å². The minimum absolute atomic E-state index is 0.823. The Bertz CT molecular complexity index is 746. The summed E-state index contributed by atoms with van der Waals surface area (Å²) in [6, 6.07) is 10.1. The molecule has 0 aliphatic carbocycles. The van der Waals surface area contributed by atoms with Crippen LogP contribution in [0.2, 0.25) is 0 Å². The van der Waals surface area contributed by atoms with Crippen LogP contribution in [0, 0.1) is 17.4 Å². The monoisotopic (exact) mass is 500 g/mol. The number of hydrogen-bond donors (Lipinski definition) is 0. The van der Waals surface area contributed by atoms with Gasteiger partial charge in [-0.2, -0.15) is 0 Å². The summed E-state index contributed by atoms with van der Waals surface area (Å²) in [5, 5.41) is 0. The highest BCUT2D eigenvalue weighted by Gasteiger charge is 2.07. The van der Waals surface area contributed by atoms with E-state index in [9.17, 15) is 0 Å². The molecule has 24 heavy (non-hydrogen) atoms. The quantitative estimate of drug-likeness (QED) is 0.258. The van der Waals surface area contributed by atoms with Gasteiger partial charge in [0, 0.05) is 21.6 Å². The molecule has 128 valence electrons. The lowest BCUT2D eigenvalue weighted by molar-refractivity contribution is 0.478. The lowest BCUT2D eigenvalue weighted by Gasteiger charge is -2.13. The van der Waals surface area contributed by atoms with Crippen LogP contribution in [0.3, 0.4) is 0 Å². The van der Waals surface area contributed by atoms with Crippen LogP contribution in [0.15, 0.2) is 39.8 Å². The van der Waals surface area contributed by atoms with Gasteiger partial charge in [0.2, 0.25) is 0 Å². The number of rotatable bonds is 6. The third-order valence-corrected chi connectivity index (χ3v) is 5.92. The number of aliphatic imine (C=N–C) groups is 1. The molecular formula is C19H22BrIN2O. The summed E-state index contributed by atoms with van der Waals surface area (Å²) in [4.78, 5) is 6.70. The Morgan fingerprint density at radius 1 is 1.21 bits per heavy atom. The van der Waals surface area contributed by atoms with Crippen LogP contribution in [0.1, 0.15) is 24.5 Å². The maximum Gasteiger partial charge on any atom is 0.130 e. The van der Waals surface area contributed by atoms with Gasteiger partial charge in [-0.05, 0) is 100 Å². The number of hydrogen-bond acceptors (Lipinski definition) is 2. The summed E-state index contributed by atoms with van der Waals surface area (Å²) in [5.74, 6) is 1.69. The summed E-state index contributed by atoms with van der Waals surface area (Å²) >= 11 is 5.83. The molecule has 3 nitrogen and oxygen atoms in total. The van der Waals surface area contributed by atoms with Crippen molar-refractivity contribution in [1.82, 2.24) is 4.90 Å². The molecule has 0 aliphatic rings. The van der Waals surface area contributed by atoms with Crippen molar-refractivity contribution in [1.29, 1.82) is 0 Å². The van der Waals surface area contributed by atoms with E-state index in [0.717, 1.165) is 49.3 Å². The second-order valence-electron chi connectivity index (χ2n) is 5.81. The first-order chi connectivity index (χ1) is 11.4. The zero-order valence-electron chi connectivity index (χ0n) is 14.4. The van der Waals surface area contributed by atoms with Crippen LogP contribution in [0.4, 0.5) is 5.69 Å². The minimum Gasteiger partial charge on any atom is -0.457 e. The fourth-order valence-corrected chi connectivity index (χ4v) is 2.96. The van der Waals surface area contributed by atoms with Crippen molar-refractivity contribution < 1.29 is 4.74 Å². The maximum absolute atomic E-state index is 6.05. The predicted octanol–water partition coefficient (Wildman–Crippen LogP) is 6.46. The first-order valence-corrected chi connectivity index (χ1v) is 9.76. The molecule has 5 heteroatoms. The lowest BCUT2D eigenvalue weighted by atomic mass is 10.1. The molecule has 0 spiro atoms. The summed E-state index contributed by atoms with van der Waals surface area (Å²) < 4.78 is 8.25. The Morgan fingerprint density at radius 2 is 1.96 bits per heavy atom. The summed E-state index contributed by atoms with van der Waals surface area (Å²) in [5.41, 5.74) is 3.15. The Labute approximate surface area is 166 Å². The molecular weight excluding hydrogens is 479 g/mol. The van der Waals surface area contributed by atoms with Crippen LogP contribution in [-0.2, 0) is 0 Å². The largest absolute Gasteiger partial charge is 0.457 e. The van der Waals surface area contributed by atoms with E-state index in [1.807, 2.05) is 44.6 Å². The Hall–Kier alpha value is -1.08. The number of aryl methyl sites for hydroxylation is 2. The van der Waals surface area contributed by atoms with Gasteiger partial charge in [0.05, 0.1) is 12.0 Å². The van der Waals surface area contributed by atoms with Crippen molar-refractivity contribution in [3.05, 3.63) is 49.5 Å². The van der Waals surface area contributed by atoms with E-state index < -0.39 is 0 Å². The fourth-order valence-electron chi connectivity index (χ4n) is 2.26. The summed E-state index contributed by atoms with van der Waals surface area (Å²) in [7, 11) is 2.04. The van der Waals surface area contributed by atoms with Crippen molar-refractivity contribution >= 4 is 50.5 Å². The molecule has 0 saturated heterocycles. The molecule has 0 atom stereocenters. The number of benzene rings is 2. The zero-order chi connectivity index (χ0) is 17.7. The van der Waals surface area contributed by atoms with E-state index in [0.29, 0.717) is 0 Å². The van der Waals surface area contributed by atoms with Crippen molar-refractivity contribution in [2.45, 2.75) is 27.2 Å². The van der Waals surface area contributed by atoms with Crippen LogP contribution < -0.4 is 4.74 Å². The molecule has 0 saturated carbocycles. The van der Waals surface area contributed by atoms with Gasteiger partial charge in [0.1, 0.15) is 11.5 Å². The van der Waals surface area contributed by atoms with Gasteiger partial charge in [0.25, 0.3) is 0 Å². The van der Waals surface area contributed by atoms with Crippen molar-refractivity contribution in [2.75, 3.05) is 13.6 Å². The van der Waals surface area contributed by atoms with Crippen LogP contribution in [-0.4, -0.2) is 24.8 Å². The SMILES string of the molecule is CCCN(C)/C=N/c1cc(C)c(Oc2ccc(I)c(Br)c2)cc1C. The molecule has 0 bridgehead atoms. The first-order valence-electron chi connectivity index (χ1n) is 7.89. The van der Waals surface area contributed by atoms with E-state index >= 15 is 0 Å². The molecule has 0 aromatic heterocycles. The number of halogens is 2. The van der Waals surface area contributed by atoms with Gasteiger partial charge in [-0.1, -0.05) is 6.92 Å². The third-order valence-electron chi connectivity index (χ3n) is 3.58. The lowest BCUT2D eigenvalue weighted by Crippen LogP contribution is -2.16. The third kappa shape index (κ3) is 5.21. The van der Waals surface area contributed by atoms with Crippen LogP contribution in [0.25, 0.3) is 0 Å². The van der Waals surface area contributed by atoms with Gasteiger partial charge < -0.3 is 9.64 Å². The highest BCUT2D eigenvalue weighted by atomic mass is 127. The molecule has 0 heterocycles. The topological polar surface area (TPSA) is 24.8 Å². The average Bonchev–Trinajstić information content (AvgIpc) is 2.53. The van der Waals surface area contributed by atoms with Gasteiger partial charge in [-0.3, -0.25) is 0 Å². The van der Waals surface area contributed by atoms with Crippen LogP contribution in [0.5, 0.6) is 11.5 Å². The summed E-state index contributed by atoms with van der Waals surface area (Å²) in [6.45, 7) is 7.27. The molecule has 0 amide bonds. The molecule has 2 aromatic rings. The van der Waals surface area contributed by atoms with E-state index in [-0.39, 0.29) is 0 Å². The van der Waals surface area contributed by atoms with E-state index in [2.05, 4.69) is 68.3 Å². The predicted molar refractivity (Wildman–Crippen MR) is 114 cm³/mol. The Balaban J connectivity index is 2.21. The number of ether oxygens (including phenoxy) is 1. The number of nitrogens with zero attached hydrogens (tertiary/aromatic N) is 2. The fraction of sp³-hybridized carbons (Fsp3) is 0.316. The molecule has 2 aromatic carbocycles. The molecule has 2 rings (SSSR count). The van der Waals surface area contributed by atoms with Crippen molar-refractivity contribution in [3.63, 3.8) is 0 Å². The second kappa shape index (κ2) is 8.85. The molecule has 0 unspecified atom stereocenters. The Morgan fingerprint density at radius 3 is 2.62 bits per heavy atom. The molecule has 0 aliphatic heterocycles. The molecule has 0 fully saturated rings. The zero-order valence-corrected chi connectivity index (χ0v) is 18.2. The van der Waals surface area contributed by atoms with Crippen LogP contribution >= 0.6 is 38.5 Å². The average molecular weight is 501 g/mol. The van der Waals surface area contributed by atoms with Crippen molar-refractivity contribution in [3.8, 4) is 11.5 Å². The normalized spacial score (nSPS) is 11.1. The van der Waals surface area contributed by atoms with Gasteiger partial charge in [-0.25, -0.2) is 4.99 Å². The molecule has 0 radical (unpaired) electrons. The van der Waals surface area contributed by atoms with E-state index in [4.69, 9.17) is 4.74 Å². The molecule has 0 N–H and O–H groups in total. The highest BCUT2D eigenvalue weighted by Crippen LogP contribution is 2.33. The van der Waals surface area contributed by atoms with Gasteiger partial charge in [0.15, 0.2) is 0 Å². The van der Waals surface area contributed by atoms with Gasteiger partial charge in [-0.15, -0.1) is 0 Å². The first kappa shape index (κ1) is 19.2. The second-order valence-corrected chi connectivity index (χ2v) is 7.82. The summed E-state index contributed by atoms with van der Waals surface area (Å²) in [6.07, 6.45) is 3.00. The van der Waals surface area contributed by atoms with Crippen molar-refractivity contribution in [2.24, 2.45) is 4.99 Å². The Kier molecular flexibility index (Phi) is 7.10. The van der Waals surface area contributed by atoms with E-state index in [1.165, 1.54) is 0 Å². The standard InChI is InChI=1S/C19H22BrIN2O/c1-5-8-23(4)12-22-18-9-14(3)19(10-13(18)2)24-15-6-7-17(21)16(20)11-15/h6-7,9-12H,5,8H2,1-4H3/b22-12+. The smallest absolute Gasteiger partial charge is 0.130 e. The highest BCUT2D eigenvalue weighted by molar-refractivity contribution is 14.1.